The highest BCUT2D eigenvalue weighted by molar-refractivity contribution is 7.80. The molecule has 0 aliphatic carbocycles. The normalized spacial score (nSPS) is 9.92. The van der Waals surface area contributed by atoms with Gasteiger partial charge in [0.1, 0.15) is 0 Å². The number of thiocarbonyl (C=S) groups is 1. The lowest BCUT2D eigenvalue weighted by atomic mass is 10.2. The monoisotopic (exact) mass is 391 g/mol. The van der Waals surface area contributed by atoms with Gasteiger partial charge in [-0.05, 0) is 50.7 Å². The Bertz CT molecular complexity index is 869. The number of anilines is 1. The first-order valence-corrected chi connectivity index (χ1v) is 8.63. The molecule has 1 heterocycles. The minimum Gasteiger partial charge on any atom is -0.436 e. The molecule has 0 radical (unpaired) electrons. The summed E-state index contributed by atoms with van der Waals surface area (Å²) in [5.74, 6) is 5.54. The molecule has 0 fully saturated rings. The summed E-state index contributed by atoms with van der Waals surface area (Å²) in [6, 6.07) is 6.18. The molecule has 1 N–H and O–H groups in total. The third-order valence-electron chi connectivity index (χ3n) is 3.52. The second-order valence-corrected chi connectivity index (χ2v) is 6.40. The lowest BCUT2D eigenvalue weighted by Crippen LogP contribution is -2.31. The van der Waals surface area contributed by atoms with E-state index in [1.807, 2.05) is 14.0 Å². The van der Waals surface area contributed by atoms with Crippen molar-refractivity contribution in [3.63, 3.8) is 0 Å². The van der Waals surface area contributed by atoms with Gasteiger partial charge in [0.2, 0.25) is 5.88 Å². The zero-order chi connectivity index (χ0) is 19.3. The fourth-order valence-electron chi connectivity index (χ4n) is 2.10. The molecule has 0 atom stereocenters. The van der Waals surface area contributed by atoms with Crippen LogP contribution in [0.3, 0.4) is 0 Å². The molecule has 0 saturated heterocycles. The maximum Gasteiger partial charge on any atom is 0.219 e. The standard InChI is InChI=1S/C19H19ClFN3OS/c1-5-6-9-24(4)19(26)23-14-7-8-16(15(21)11-14)25-17-10-12(2)18(20)13(3)22-17/h7-8,10-11H,9H2,1-4H3,(H,23,26). The predicted octanol–water partition coefficient (Wildman–Crippen LogP) is 4.94. The minimum absolute atomic E-state index is 0.0697. The van der Waals surface area contributed by atoms with Crippen LogP contribution < -0.4 is 10.1 Å². The smallest absolute Gasteiger partial charge is 0.219 e. The van der Waals surface area contributed by atoms with E-state index in [1.54, 1.807) is 30.9 Å². The van der Waals surface area contributed by atoms with Gasteiger partial charge in [-0.15, -0.1) is 5.92 Å². The summed E-state index contributed by atoms with van der Waals surface area (Å²) in [6.45, 7) is 5.86. The van der Waals surface area contributed by atoms with Crippen LogP contribution in [0.2, 0.25) is 5.02 Å². The molecule has 0 saturated carbocycles. The third kappa shape index (κ3) is 5.07. The number of aromatic nitrogens is 1. The van der Waals surface area contributed by atoms with E-state index >= 15 is 0 Å². The second kappa shape index (κ2) is 8.84. The predicted molar refractivity (Wildman–Crippen MR) is 107 cm³/mol. The quantitative estimate of drug-likeness (QED) is 0.590. The summed E-state index contributed by atoms with van der Waals surface area (Å²) in [6.07, 6.45) is 0. The fourth-order valence-corrected chi connectivity index (χ4v) is 2.37. The van der Waals surface area contributed by atoms with Crippen LogP contribution in [0.15, 0.2) is 24.3 Å². The molecule has 136 valence electrons. The van der Waals surface area contributed by atoms with Crippen LogP contribution in [0.5, 0.6) is 11.6 Å². The van der Waals surface area contributed by atoms with Gasteiger partial charge in [-0.25, -0.2) is 9.37 Å². The molecule has 4 nitrogen and oxygen atoms in total. The molecule has 0 spiro atoms. The molecule has 26 heavy (non-hydrogen) atoms. The highest BCUT2D eigenvalue weighted by atomic mass is 35.5. The number of pyridine rings is 1. The van der Waals surface area contributed by atoms with E-state index in [4.69, 9.17) is 28.6 Å². The van der Waals surface area contributed by atoms with Gasteiger partial charge in [0.15, 0.2) is 16.7 Å². The summed E-state index contributed by atoms with van der Waals surface area (Å²) in [5.41, 5.74) is 1.97. The molecule has 1 aromatic heterocycles. The SMILES string of the molecule is CC#CCN(C)C(=S)Nc1ccc(Oc2cc(C)c(Cl)c(C)n2)c(F)c1. The number of hydrogen-bond donors (Lipinski definition) is 1. The Balaban J connectivity index is 2.12. The Labute approximate surface area is 163 Å². The van der Waals surface area contributed by atoms with Crippen LogP contribution in [-0.2, 0) is 0 Å². The first-order chi connectivity index (χ1) is 12.3. The van der Waals surface area contributed by atoms with Gasteiger partial charge in [0, 0.05) is 24.9 Å². The Hall–Kier alpha value is -2.36. The highest BCUT2D eigenvalue weighted by Gasteiger charge is 2.11. The lowest BCUT2D eigenvalue weighted by Gasteiger charge is -2.18. The second-order valence-electron chi connectivity index (χ2n) is 5.64. The Morgan fingerprint density at radius 2 is 2.12 bits per heavy atom. The van der Waals surface area contributed by atoms with Gasteiger partial charge in [-0.3, -0.25) is 0 Å². The maximum atomic E-state index is 14.4. The first kappa shape index (κ1) is 20.0. The van der Waals surface area contributed by atoms with E-state index in [0.717, 1.165) is 5.56 Å². The topological polar surface area (TPSA) is 37.4 Å². The average molecular weight is 392 g/mol. The molecule has 1 aromatic carbocycles. The first-order valence-electron chi connectivity index (χ1n) is 7.84. The molecule has 7 heteroatoms. The summed E-state index contributed by atoms with van der Waals surface area (Å²) >= 11 is 11.4. The summed E-state index contributed by atoms with van der Waals surface area (Å²) in [5, 5.41) is 3.99. The number of aryl methyl sites for hydroxylation is 2. The molecule has 2 rings (SSSR count). The Morgan fingerprint density at radius 3 is 2.73 bits per heavy atom. The van der Waals surface area contributed by atoms with Crippen LogP contribution >= 0.6 is 23.8 Å². The molecule has 0 amide bonds. The number of nitrogens with one attached hydrogen (secondary N) is 1. The number of ether oxygens (including phenoxy) is 1. The van der Waals surface area contributed by atoms with E-state index < -0.39 is 5.82 Å². The van der Waals surface area contributed by atoms with Crippen molar-refractivity contribution in [3.8, 4) is 23.5 Å². The number of nitrogens with zero attached hydrogens (tertiary/aromatic N) is 2. The summed E-state index contributed by atoms with van der Waals surface area (Å²) in [4.78, 5) is 5.98. The van der Waals surface area contributed by atoms with Crippen molar-refractivity contribution in [2.45, 2.75) is 20.8 Å². The van der Waals surface area contributed by atoms with Crippen molar-refractivity contribution < 1.29 is 9.13 Å². The van der Waals surface area contributed by atoms with Crippen molar-refractivity contribution in [2.24, 2.45) is 0 Å². The summed E-state index contributed by atoms with van der Waals surface area (Å²) in [7, 11) is 1.81. The molecule has 2 aromatic rings. The molecule has 0 aliphatic rings. The van der Waals surface area contributed by atoms with Crippen molar-refractivity contribution in [2.75, 3.05) is 18.9 Å². The lowest BCUT2D eigenvalue weighted by molar-refractivity contribution is 0.426. The minimum atomic E-state index is -0.527. The van der Waals surface area contributed by atoms with E-state index in [1.165, 1.54) is 12.1 Å². The van der Waals surface area contributed by atoms with Gasteiger partial charge in [0.25, 0.3) is 0 Å². The van der Waals surface area contributed by atoms with Gasteiger partial charge in [-0.1, -0.05) is 17.5 Å². The molecule has 0 aliphatic heterocycles. The van der Waals surface area contributed by atoms with E-state index in [-0.39, 0.29) is 11.6 Å². The van der Waals surface area contributed by atoms with Crippen LogP contribution in [-0.4, -0.2) is 28.6 Å². The average Bonchev–Trinajstić information content (AvgIpc) is 2.59. The largest absolute Gasteiger partial charge is 0.436 e. The zero-order valence-electron chi connectivity index (χ0n) is 15.0. The van der Waals surface area contributed by atoms with Crippen LogP contribution in [0.4, 0.5) is 10.1 Å². The van der Waals surface area contributed by atoms with Crippen molar-refractivity contribution in [1.29, 1.82) is 0 Å². The molecular weight excluding hydrogens is 373 g/mol. The number of halogens is 2. The molecule has 0 bridgehead atoms. The van der Waals surface area contributed by atoms with Gasteiger partial charge in [-0.2, -0.15) is 0 Å². The molecule has 0 unspecified atom stereocenters. The van der Waals surface area contributed by atoms with Gasteiger partial charge < -0.3 is 15.0 Å². The zero-order valence-corrected chi connectivity index (χ0v) is 16.6. The Kier molecular flexibility index (Phi) is 6.78. The maximum absolute atomic E-state index is 14.4. The van der Waals surface area contributed by atoms with Crippen molar-refractivity contribution in [1.82, 2.24) is 9.88 Å². The van der Waals surface area contributed by atoms with E-state index in [2.05, 4.69) is 22.1 Å². The van der Waals surface area contributed by atoms with Crippen LogP contribution in [0.1, 0.15) is 18.2 Å². The van der Waals surface area contributed by atoms with E-state index in [9.17, 15) is 4.39 Å². The number of rotatable bonds is 4. The fraction of sp³-hybridized carbons (Fsp3) is 0.263. The van der Waals surface area contributed by atoms with Gasteiger partial charge >= 0.3 is 0 Å². The van der Waals surface area contributed by atoms with Crippen molar-refractivity contribution >= 4 is 34.6 Å². The molecular formula is C19H19ClFN3OS. The van der Waals surface area contributed by atoms with E-state index in [0.29, 0.717) is 28.1 Å². The number of hydrogen-bond acceptors (Lipinski definition) is 3. The number of benzene rings is 1. The van der Waals surface area contributed by atoms with Gasteiger partial charge in [0.05, 0.1) is 17.3 Å². The third-order valence-corrected chi connectivity index (χ3v) is 4.50. The van der Waals surface area contributed by atoms with Crippen molar-refractivity contribution in [3.05, 3.63) is 46.4 Å². The Morgan fingerprint density at radius 1 is 1.38 bits per heavy atom. The summed E-state index contributed by atoms with van der Waals surface area (Å²) < 4.78 is 19.9. The van der Waals surface area contributed by atoms with Crippen LogP contribution in [0.25, 0.3) is 0 Å². The highest BCUT2D eigenvalue weighted by Crippen LogP contribution is 2.29. The van der Waals surface area contributed by atoms with Crippen LogP contribution in [0, 0.1) is 31.5 Å².